The molecule has 0 bridgehead atoms. The molecule has 0 aliphatic carbocycles. The van der Waals surface area contributed by atoms with Crippen molar-refractivity contribution in [3.05, 3.63) is 0 Å². The van der Waals surface area contributed by atoms with Crippen molar-refractivity contribution >= 4 is 5.91 Å². The van der Waals surface area contributed by atoms with Crippen LogP contribution >= 0.6 is 0 Å². The van der Waals surface area contributed by atoms with Crippen LogP contribution in [0.2, 0.25) is 0 Å². The molecule has 1 rings (SSSR count). The third-order valence-electron chi connectivity index (χ3n) is 2.21. The Kier molecular flexibility index (Phi) is 2.72. The number of nitrogens with zero attached hydrogens (tertiary/aromatic N) is 2. The molecule has 1 atom stereocenters. The second kappa shape index (κ2) is 3.59. The molecular weight excluding hydrogens is 152 g/mol. The van der Waals surface area contributed by atoms with E-state index in [-0.39, 0.29) is 11.9 Å². The molecule has 1 fully saturated rings. The van der Waals surface area contributed by atoms with E-state index in [1.807, 2.05) is 14.0 Å². The van der Waals surface area contributed by atoms with Crippen molar-refractivity contribution in [2.24, 2.45) is 0 Å². The largest absolute Gasteiger partial charge is 0.327 e. The first-order valence-corrected chi connectivity index (χ1v) is 4.11. The maximum atomic E-state index is 11.2. The second-order valence-corrected chi connectivity index (χ2v) is 3.25. The number of piperazine rings is 1. The molecule has 0 radical (unpaired) electrons. The van der Waals surface area contributed by atoms with Crippen LogP contribution in [-0.4, -0.2) is 48.4 Å². The first-order chi connectivity index (χ1) is 5.65. The highest BCUT2D eigenvalue weighted by Gasteiger charge is 2.24. The molecule has 1 aliphatic heterocycles. The lowest BCUT2D eigenvalue weighted by Gasteiger charge is -2.36. The number of terminal acetylenes is 1. The van der Waals surface area contributed by atoms with Crippen LogP contribution in [0.1, 0.15) is 6.92 Å². The monoisotopic (exact) mass is 166 g/mol. The van der Waals surface area contributed by atoms with Gasteiger partial charge >= 0.3 is 0 Å². The van der Waals surface area contributed by atoms with Crippen LogP contribution in [0.4, 0.5) is 0 Å². The molecule has 0 aromatic carbocycles. The zero-order valence-corrected chi connectivity index (χ0v) is 7.58. The molecule has 0 saturated carbocycles. The van der Waals surface area contributed by atoms with Crippen molar-refractivity contribution < 1.29 is 4.79 Å². The molecular formula is C9H14N2O. The van der Waals surface area contributed by atoms with Crippen LogP contribution in [0.5, 0.6) is 0 Å². The first kappa shape index (κ1) is 9.08. The summed E-state index contributed by atoms with van der Waals surface area (Å²) in [5.41, 5.74) is 0. The molecule has 1 heterocycles. The van der Waals surface area contributed by atoms with Gasteiger partial charge < -0.3 is 9.80 Å². The summed E-state index contributed by atoms with van der Waals surface area (Å²) < 4.78 is 0. The molecule has 12 heavy (non-hydrogen) atoms. The first-order valence-electron chi connectivity index (χ1n) is 4.11. The molecule has 0 N–H and O–H groups in total. The highest BCUT2D eigenvalue weighted by Crippen LogP contribution is 2.07. The van der Waals surface area contributed by atoms with Crippen LogP contribution in [-0.2, 0) is 4.79 Å². The summed E-state index contributed by atoms with van der Waals surface area (Å²) in [5, 5.41) is 0. The summed E-state index contributed by atoms with van der Waals surface area (Å²) in [4.78, 5) is 15.1. The van der Waals surface area contributed by atoms with E-state index in [4.69, 9.17) is 6.42 Å². The Morgan fingerprint density at radius 2 is 2.25 bits per heavy atom. The van der Waals surface area contributed by atoms with Crippen molar-refractivity contribution in [3.8, 4) is 12.3 Å². The van der Waals surface area contributed by atoms with Crippen LogP contribution in [0.3, 0.4) is 0 Å². The smallest absolute Gasteiger partial charge is 0.298 e. The summed E-state index contributed by atoms with van der Waals surface area (Å²) in [6, 6.07) is 0.243. The van der Waals surface area contributed by atoms with Gasteiger partial charge in [0.2, 0.25) is 0 Å². The van der Waals surface area contributed by atoms with Gasteiger partial charge in [0.25, 0.3) is 5.91 Å². The van der Waals surface area contributed by atoms with Gasteiger partial charge in [-0.3, -0.25) is 4.79 Å². The van der Waals surface area contributed by atoms with E-state index in [9.17, 15) is 4.79 Å². The Morgan fingerprint density at radius 3 is 2.75 bits per heavy atom. The summed E-state index contributed by atoms with van der Waals surface area (Å²) in [6.07, 6.45) is 5.04. The Labute approximate surface area is 73.3 Å². The quantitative estimate of drug-likeness (QED) is 0.465. The molecule has 3 nitrogen and oxygen atoms in total. The summed E-state index contributed by atoms with van der Waals surface area (Å²) in [7, 11) is 2.05. The number of likely N-dealkylation sites (N-methyl/N-ethyl adjacent to an activating group) is 1. The molecule has 1 aliphatic rings. The summed E-state index contributed by atoms with van der Waals surface area (Å²) >= 11 is 0. The molecule has 66 valence electrons. The predicted octanol–water partition coefficient (Wildman–Crippen LogP) is -0.218. The normalized spacial score (nSPS) is 25.1. The van der Waals surface area contributed by atoms with Gasteiger partial charge in [-0.15, -0.1) is 6.42 Å². The molecule has 1 unspecified atom stereocenters. The van der Waals surface area contributed by atoms with Crippen molar-refractivity contribution in [1.29, 1.82) is 0 Å². The van der Waals surface area contributed by atoms with Gasteiger partial charge in [0, 0.05) is 25.7 Å². The van der Waals surface area contributed by atoms with Gasteiger partial charge in [-0.25, -0.2) is 0 Å². The average Bonchev–Trinajstić information content (AvgIpc) is 2.03. The Bertz CT molecular complexity index is 219. The van der Waals surface area contributed by atoms with E-state index in [0.29, 0.717) is 0 Å². The molecule has 0 aromatic heterocycles. The lowest BCUT2D eigenvalue weighted by Crippen LogP contribution is -2.52. The minimum atomic E-state index is -0.185. The molecule has 0 spiro atoms. The van der Waals surface area contributed by atoms with E-state index in [1.54, 1.807) is 4.90 Å². The maximum Gasteiger partial charge on any atom is 0.298 e. The van der Waals surface area contributed by atoms with Gasteiger partial charge in [-0.05, 0) is 19.9 Å². The van der Waals surface area contributed by atoms with Gasteiger partial charge in [-0.1, -0.05) is 0 Å². The SMILES string of the molecule is C#CC(=O)N1CCN(C)CC1C. The van der Waals surface area contributed by atoms with E-state index in [1.165, 1.54) is 0 Å². The van der Waals surface area contributed by atoms with E-state index in [0.717, 1.165) is 19.6 Å². The van der Waals surface area contributed by atoms with Gasteiger partial charge in [0.1, 0.15) is 0 Å². The summed E-state index contributed by atoms with van der Waals surface area (Å²) in [6.45, 7) is 4.59. The Hall–Kier alpha value is -1.01. The summed E-state index contributed by atoms with van der Waals surface area (Å²) in [5.74, 6) is 1.96. The maximum absolute atomic E-state index is 11.2. The fourth-order valence-electron chi connectivity index (χ4n) is 1.52. The standard InChI is InChI=1S/C9H14N2O/c1-4-9(12)11-6-5-10(3)7-8(11)2/h1,8H,5-7H2,2-3H3. The number of amides is 1. The lowest BCUT2D eigenvalue weighted by molar-refractivity contribution is -0.129. The number of carbonyl (C=O) groups is 1. The number of hydrogen-bond donors (Lipinski definition) is 0. The Balaban J connectivity index is 2.57. The van der Waals surface area contributed by atoms with Crippen LogP contribution < -0.4 is 0 Å². The minimum absolute atomic E-state index is 0.185. The predicted molar refractivity (Wildman–Crippen MR) is 47.5 cm³/mol. The second-order valence-electron chi connectivity index (χ2n) is 3.25. The van der Waals surface area contributed by atoms with Crippen LogP contribution in [0, 0.1) is 12.3 Å². The number of rotatable bonds is 0. The van der Waals surface area contributed by atoms with Gasteiger partial charge in [0.15, 0.2) is 0 Å². The number of carbonyl (C=O) groups excluding carboxylic acids is 1. The van der Waals surface area contributed by atoms with Crippen molar-refractivity contribution in [3.63, 3.8) is 0 Å². The van der Waals surface area contributed by atoms with Crippen molar-refractivity contribution in [2.75, 3.05) is 26.7 Å². The minimum Gasteiger partial charge on any atom is -0.327 e. The van der Waals surface area contributed by atoms with E-state index in [2.05, 4.69) is 10.8 Å². The van der Waals surface area contributed by atoms with Gasteiger partial charge in [0.05, 0.1) is 0 Å². The van der Waals surface area contributed by atoms with Gasteiger partial charge in [-0.2, -0.15) is 0 Å². The fourth-order valence-corrected chi connectivity index (χ4v) is 1.52. The average molecular weight is 166 g/mol. The van der Waals surface area contributed by atoms with Crippen LogP contribution in [0.25, 0.3) is 0 Å². The van der Waals surface area contributed by atoms with E-state index < -0.39 is 0 Å². The molecule has 0 aromatic rings. The highest BCUT2D eigenvalue weighted by atomic mass is 16.2. The van der Waals surface area contributed by atoms with Crippen molar-refractivity contribution in [1.82, 2.24) is 9.80 Å². The molecule has 3 heteroatoms. The lowest BCUT2D eigenvalue weighted by atomic mass is 10.2. The zero-order valence-electron chi connectivity index (χ0n) is 7.58. The topological polar surface area (TPSA) is 23.6 Å². The zero-order chi connectivity index (χ0) is 9.14. The highest BCUT2D eigenvalue weighted by molar-refractivity contribution is 5.93. The van der Waals surface area contributed by atoms with Crippen LogP contribution in [0.15, 0.2) is 0 Å². The van der Waals surface area contributed by atoms with E-state index >= 15 is 0 Å². The fraction of sp³-hybridized carbons (Fsp3) is 0.667. The molecule has 1 amide bonds. The third kappa shape index (κ3) is 1.77. The third-order valence-corrected chi connectivity index (χ3v) is 2.21. The number of hydrogen-bond acceptors (Lipinski definition) is 2. The molecule has 1 saturated heterocycles. The van der Waals surface area contributed by atoms with Crippen molar-refractivity contribution in [2.45, 2.75) is 13.0 Å². The Morgan fingerprint density at radius 1 is 1.58 bits per heavy atom.